The number of rotatable bonds is 6. The van der Waals surface area contributed by atoms with Gasteiger partial charge in [0.15, 0.2) is 0 Å². The Bertz CT molecular complexity index is 787. The highest BCUT2D eigenvalue weighted by Gasteiger charge is 2.24. The Balaban J connectivity index is 2.01. The van der Waals surface area contributed by atoms with Crippen LogP contribution < -0.4 is 10.1 Å². The second-order valence-corrected chi connectivity index (χ2v) is 8.58. The van der Waals surface area contributed by atoms with Gasteiger partial charge in [0.1, 0.15) is 9.96 Å². The first-order valence-corrected chi connectivity index (χ1v) is 9.12. The zero-order valence-electron chi connectivity index (χ0n) is 12.4. The molecular weight excluding hydrogens is 360 g/mol. The largest absolute Gasteiger partial charge is 0.497 e. The normalized spacial score (nSPS) is 11.5. The maximum absolute atomic E-state index is 12.3. The third-order valence-corrected chi connectivity index (χ3v) is 6.46. The van der Waals surface area contributed by atoms with Crippen LogP contribution in [0.1, 0.15) is 0 Å². The monoisotopic (exact) mass is 374 g/mol. The summed E-state index contributed by atoms with van der Waals surface area (Å²) in [4.78, 5) is 12.0. The van der Waals surface area contributed by atoms with Crippen LogP contribution in [0.2, 0.25) is 4.34 Å². The van der Waals surface area contributed by atoms with E-state index in [2.05, 4.69) is 5.32 Å². The molecule has 2 aromatic rings. The van der Waals surface area contributed by atoms with Crippen molar-refractivity contribution in [2.45, 2.75) is 4.21 Å². The van der Waals surface area contributed by atoms with Crippen molar-refractivity contribution >= 4 is 44.6 Å². The van der Waals surface area contributed by atoms with Gasteiger partial charge in [-0.3, -0.25) is 4.79 Å². The lowest BCUT2D eigenvalue weighted by atomic mass is 10.3. The zero-order chi connectivity index (χ0) is 17.0. The maximum atomic E-state index is 12.3. The number of likely N-dealkylation sites (N-methyl/N-ethyl adjacent to an activating group) is 1. The molecule has 2 rings (SSSR count). The number of thiophene rings is 1. The zero-order valence-corrected chi connectivity index (χ0v) is 14.8. The quantitative estimate of drug-likeness (QED) is 0.843. The molecule has 1 heterocycles. The van der Waals surface area contributed by atoms with Crippen molar-refractivity contribution in [3.05, 3.63) is 40.7 Å². The highest BCUT2D eigenvalue weighted by atomic mass is 35.5. The summed E-state index contributed by atoms with van der Waals surface area (Å²) in [6, 6.07) is 9.66. The third kappa shape index (κ3) is 4.44. The molecule has 9 heteroatoms. The van der Waals surface area contributed by atoms with Crippen LogP contribution >= 0.6 is 22.9 Å². The molecular formula is C14H15ClN2O4S2. The van der Waals surface area contributed by atoms with E-state index in [0.29, 0.717) is 15.8 Å². The van der Waals surface area contributed by atoms with E-state index in [1.165, 1.54) is 19.2 Å². The highest BCUT2D eigenvalue weighted by Crippen LogP contribution is 2.27. The van der Waals surface area contributed by atoms with Gasteiger partial charge in [-0.25, -0.2) is 8.42 Å². The summed E-state index contributed by atoms with van der Waals surface area (Å²) in [5.74, 6) is 0.223. The van der Waals surface area contributed by atoms with Gasteiger partial charge in [-0.2, -0.15) is 4.31 Å². The smallest absolute Gasteiger partial charge is 0.252 e. The van der Waals surface area contributed by atoms with Crippen molar-refractivity contribution in [1.82, 2.24) is 4.31 Å². The number of nitrogens with one attached hydrogen (secondary N) is 1. The molecule has 0 saturated carbocycles. The molecule has 0 spiro atoms. The number of halogens is 1. The molecule has 0 atom stereocenters. The summed E-state index contributed by atoms with van der Waals surface area (Å²) < 4.78 is 31.1. The molecule has 124 valence electrons. The second-order valence-electron chi connectivity index (χ2n) is 4.60. The van der Waals surface area contributed by atoms with Gasteiger partial charge in [-0.15, -0.1) is 11.3 Å². The molecule has 0 aliphatic carbocycles. The molecule has 0 saturated heterocycles. The molecule has 0 fully saturated rings. The minimum absolute atomic E-state index is 0.0993. The van der Waals surface area contributed by atoms with Crippen LogP contribution in [-0.2, 0) is 14.8 Å². The summed E-state index contributed by atoms with van der Waals surface area (Å²) >= 11 is 6.70. The lowest BCUT2D eigenvalue weighted by Gasteiger charge is -2.15. The molecule has 1 aromatic heterocycles. The van der Waals surface area contributed by atoms with Gasteiger partial charge in [0.25, 0.3) is 10.0 Å². The number of ether oxygens (including phenoxy) is 1. The van der Waals surface area contributed by atoms with Crippen molar-refractivity contribution < 1.29 is 17.9 Å². The Kier molecular flexibility index (Phi) is 5.64. The fraction of sp³-hybridized carbons (Fsp3) is 0.214. The molecule has 1 amide bonds. The topological polar surface area (TPSA) is 75.7 Å². The van der Waals surface area contributed by atoms with Crippen LogP contribution in [0.15, 0.2) is 40.6 Å². The first kappa shape index (κ1) is 17.7. The third-order valence-electron chi connectivity index (χ3n) is 2.95. The minimum atomic E-state index is -3.73. The summed E-state index contributed by atoms with van der Waals surface area (Å²) in [7, 11) is -0.840. The number of sulfonamides is 1. The van der Waals surface area contributed by atoms with Crippen LogP contribution in [0.25, 0.3) is 0 Å². The fourth-order valence-electron chi connectivity index (χ4n) is 1.75. The van der Waals surface area contributed by atoms with Crippen LogP contribution in [0.4, 0.5) is 5.69 Å². The number of amides is 1. The first-order chi connectivity index (χ1) is 10.8. The number of benzene rings is 1. The van der Waals surface area contributed by atoms with Crippen LogP contribution in [0, 0.1) is 0 Å². The van der Waals surface area contributed by atoms with E-state index in [1.54, 1.807) is 31.4 Å². The maximum Gasteiger partial charge on any atom is 0.252 e. The van der Waals surface area contributed by atoms with E-state index in [-0.39, 0.29) is 10.8 Å². The highest BCUT2D eigenvalue weighted by molar-refractivity contribution is 7.91. The molecule has 0 unspecified atom stereocenters. The number of methoxy groups -OCH3 is 1. The SMILES string of the molecule is COc1ccc(NC(=O)CN(C)S(=O)(=O)c2ccc(Cl)s2)cc1. The lowest BCUT2D eigenvalue weighted by Crippen LogP contribution is -2.34. The van der Waals surface area contributed by atoms with Crippen LogP contribution in [0.3, 0.4) is 0 Å². The summed E-state index contributed by atoms with van der Waals surface area (Å²) in [5, 5.41) is 2.63. The standard InChI is InChI=1S/C14H15ClN2O4S2/c1-17(23(19,20)14-8-7-12(15)22-14)9-13(18)16-10-3-5-11(21-2)6-4-10/h3-8H,9H2,1-2H3,(H,16,18). The summed E-state index contributed by atoms with van der Waals surface area (Å²) in [6.45, 7) is -0.302. The van der Waals surface area contributed by atoms with Gasteiger partial charge < -0.3 is 10.1 Å². The Hall–Kier alpha value is -1.61. The molecule has 6 nitrogen and oxygen atoms in total. The van der Waals surface area contributed by atoms with Crippen molar-refractivity contribution in [1.29, 1.82) is 0 Å². The van der Waals surface area contributed by atoms with Crippen molar-refractivity contribution in [3.8, 4) is 5.75 Å². The Morgan fingerprint density at radius 2 is 1.91 bits per heavy atom. The summed E-state index contributed by atoms with van der Waals surface area (Å²) in [5.41, 5.74) is 0.556. The number of nitrogens with zero attached hydrogens (tertiary/aromatic N) is 1. The Labute approximate surface area is 143 Å². The van der Waals surface area contributed by atoms with Gasteiger partial charge in [-0.1, -0.05) is 11.6 Å². The lowest BCUT2D eigenvalue weighted by molar-refractivity contribution is -0.116. The number of carbonyl (C=O) groups is 1. The van der Waals surface area contributed by atoms with E-state index < -0.39 is 15.9 Å². The predicted octanol–water partition coefficient (Wildman–Crippen LogP) is 2.67. The van der Waals surface area contributed by atoms with E-state index in [9.17, 15) is 13.2 Å². The molecule has 0 bridgehead atoms. The van der Waals surface area contributed by atoms with E-state index in [0.717, 1.165) is 15.6 Å². The first-order valence-electron chi connectivity index (χ1n) is 6.48. The molecule has 1 aromatic carbocycles. The second kappa shape index (κ2) is 7.31. The van der Waals surface area contributed by atoms with E-state index in [4.69, 9.17) is 16.3 Å². The Morgan fingerprint density at radius 3 is 2.43 bits per heavy atom. The number of anilines is 1. The van der Waals surface area contributed by atoms with Crippen molar-refractivity contribution in [2.24, 2.45) is 0 Å². The Morgan fingerprint density at radius 1 is 1.26 bits per heavy atom. The average molecular weight is 375 g/mol. The van der Waals surface area contributed by atoms with Gasteiger partial charge >= 0.3 is 0 Å². The fourth-order valence-corrected chi connectivity index (χ4v) is 4.57. The number of hydrogen-bond donors (Lipinski definition) is 1. The molecule has 0 aliphatic heterocycles. The minimum Gasteiger partial charge on any atom is -0.497 e. The van der Waals surface area contributed by atoms with E-state index >= 15 is 0 Å². The number of carbonyl (C=O) groups excluding carboxylic acids is 1. The summed E-state index contributed by atoms with van der Waals surface area (Å²) in [6.07, 6.45) is 0. The van der Waals surface area contributed by atoms with Crippen molar-refractivity contribution in [2.75, 3.05) is 26.0 Å². The molecule has 0 radical (unpaired) electrons. The van der Waals surface area contributed by atoms with Crippen LogP contribution in [-0.4, -0.2) is 39.3 Å². The van der Waals surface area contributed by atoms with Gasteiger partial charge in [0, 0.05) is 12.7 Å². The van der Waals surface area contributed by atoms with E-state index in [1.807, 2.05) is 0 Å². The average Bonchev–Trinajstić information content (AvgIpc) is 2.95. The van der Waals surface area contributed by atoms with Gasteiger partial charge in [0.05, 0.1) is 18.0 Å². The van der Waals surface area contributed by atoms with Gasteiger partial charge in [0.2, 0.25) is 5.91 Å². The van der Waals surface area contributed by atoms with Crippen molar-refractivity contribution in [3.63, 3.8) is 0 Å². The predicted molar refractivity (Wildman–Crippen MR) is 90.8 cm³/mol. The van der Waals surface area contributed by atoms with Gasteiger partial charge in [-0.05, 0) is 36.4 Å². The molecule has 1 N–H and O–H groups in total. The molecule has 23 heavy (non-hydrogen) atoms. The molecule has 0 aliphatic rings. The van der Waals surface area contributed by atoms with Crippen LogP contribution in [0.5, 0.6) is 5.75 Å². The number of hydrogen-bond acceptors (Lipinski definition) is 5.